The number of imidazole rings is 1. The van der Waals surface area contributed by atoms with E-state index in [0.717, 1.165) is 16.1 Å². The molecular weight excluding hydrogens is 603 g/mol. The lowest BCUT2D eigenvalue weighted by Gasteiger charge is -2.17. The lowest BCUT2D eigenvalue weighted by atomic mass is 10.1. The second-order valence-electron chi connectivity index (χ2n) is 9.41. The van der Waals surface area contributed by atoms with Crippen LogP contribution in [0, 0.1) is 13.8 Å². The molecule has 1 aliphatic rings. The average molecular weight is 626 g/mol. The van der Waals surface area contributed by atoms with Crippen molar-refractivity contribution in [2.45, 2.75) is 19.9 Å². The third-order valence-electron chi connectivity index (χ3n) is 6.27. The highest BCUT2D eigenvalue weighted by atomic mass is 35.5. The zero-order valence-electron chi connectivity index (χ0n) is 22.3. The van der Waals surface area contributed by atoms with E-state index in [2.05, 4.69) is 20.7 Å². The maximum atomic E-state index is 13.5. The maximum Gasteiger partial charge on any atom is 0.278 e. The minimum Gasteiger partial charge on any atom is -0.483 e. The van der Waals surface area contributed by atoms with Gasteiger partial charge >= 0.3 is 0 Å². The quantitative estimate of drug-likeness (QED) is 0.269. The predicted octanol–water partition coefficient (Wildman–Crippen LogP) is 5.81. The van der Waals surface area contributed by atoms with E-state index in [9.17, 15) is 14.4 Å². The molecule has 0 bridgehead atoms. The van der Waals surface area contributed by atoms with Crippen molar-refractivity contribution in [3.8, 4) is 5.75 Å². The fourth-order valence-corrected chi connectivity index (χ4v) is 5.33. The van der Waals surface area contributed by atoms with Gasteiger partial charge in [0.25, 0.3) is 17.7 Å². The molecule has 13 heteroatoms. The molecule has 1 unspecified atom stereocenters. The van der Waals surface area contributed by atoms with E-state index in [1.165, 1.54) is 35.3 Å². The molecule has 42 heavy (non-hydrogen) atoms. The van der Waals surface area contributed by atoms with Crippen LogP contribution in [0.3, 0.4) is 0 Å². The summed E-state index contributed by atoms with van der Waals surface area (Å²) < 4.78 is 7.13. The topological polar surface area (TPSA) is 118 Å². The number of carbonyl (C=O) groups is 3. The van der Waals surface area contributed by atoms with Gasteiger partial charge < -0.3 is 19.9 Å². The monoisotopic (exact) mass is 624 g/mol. The van der Waals surface area contributed by atoms with Crippen molar-refractivity contribution >= 4 is 69.7 Å². The Morgan fingerprint density at radius 1 is 1.00 bits per heavy atom. The molecule has 0 saturated carbocycles. The van der Waals surface area contributed by atoms with E-state index in [4.69, 9.17) is 39.5 Å². The highest BCUT2D eigenvalue weighted by molar-refractivity contribution is 6.43. The molecule has 0 fully saturated rings. The smallest absolute Gasteiger partial charge is 0.278 e. The number of benzene rings is 3. The first-order valence-electron chi connectivity index (χ1n) is 12.6. The highest BCUT2D eigenvalue weighted by Gasteiger charge is 2.40. The van der Waals surface area contributed by atoms with Gasteiger partial charge in [-0.3, -0.25) is 14.4 Å². The number of halogens is 3. The normalized spacial score (nSPS) is 14.5. The summed E-state index contributed by atoms with van der Waals surface area (Å²) in [6.07, 6.45) is 4.48. The molecule has 0 aliphatic carbocycles. The van der Waals surface area contributed by atoms with E-state index in [1.807, 2.05) is 32.0 Å². The third kappa shape index (κ3) is 6.25. The predicted molar refractivity (Wildman–Crippen MR) is 162 cm³/mol. The Morgan fingerprint density at radius 3 is 2.45 bits per heavy atom. The van der Waals surface area contributed by atoms with Crippen LogP contribution in [0.15, 0.2) is 78.4 Å². The van der Waals surface area contributed by atoms with Crippen LogP contribution in [-0.4, -0.2) is 39.7 Å². The van der Waals surface area contributed by atoms with Crippen molar-refractivity contribution in [3.05, 3.63) is 105 Å². The van der Waals surface area contributed by atoms with Gasteiger partial charge in [-0.2, -0.15) is 5.01 Å². The summed E-state index contributed by atoms with van der Waals surface area (Å²) in [6, 6.07) is 13.8. The molecule has 10 nitrogen and oxygen atoms in total. The Balaban J connectivity index is 1.33. The van der Waals surface area contributed by atoms with Gasteiger partial charge in [-0.1, -0.05) is 58.6 Å². The first kappa shape index (κ1) is 29.1. The van der Waals surface area contributed by atoms with Crippen molar-refractivity contribution in [1.82, 2.24) is 14.9 Å². The number of hydrazone groups is 1. The van der Waals surface area contributed by atoms with Gasteiger partial charge in [-0.25, -0.2) is 4.98 Å². The van der Waals surface area contributed by atoms with Gasteiger partial charge in [0.05, 0.1) is 16.4 Å². The van der Waals surface area contributed by atoms with Gasteiger partial charge in [-0.15, -0.1) is 5.10 Å². The van der Waals surface area contributed by atoms with Crippen molar-refractivity contribution in [3.63, 3.8) is 0 Å². The molecule has 5 rings (SSSR count). The SMILES string of the molecule is Cc1ccc(OCC(=O)Nc2cccc(C(=O)NC3=NN(c4c(Cl)cc(Cl)cc4Cl)C(=O)C3n3ccnc3)c2)c(C)c1. The van der Waals surface area contributed by atoms with E-state index >= 15 is 0 Å². The fourth-order valence-electron chi connectivity index (χ4n) is 4.35. The lowest BCUT2D eigenvalue weighted by molar-refractivity contribution is -0.119. The average Bonchev–Trinajstić information content (AvgIpc) is 3.56. The second kappa shape index (κ2) is 12.2. The van der Waals surface area contributed by atoms with Crippen LogP contribution < -0.4 is 20.4 Å². The molecule has 4 aromatic rings. The Labute approximate surface area is 255 Å². The van der Waals surface area contributed by atoms with Crippen LogP contribution >= 0.6 is 34.8 Å². The Kier molecular flexibility index (Phi) is 8.49. The van der Waals surface area contributed by atoms with E-state index < -0.39 is 23.8 Å². The number of anilines is 2. The van der Waals surface area contributed by atoms with Crippen molar-refractivity contribution in [1.29, 1.82) is 0 Å². The number of aromatic nitrogens is 2. The second-order valence-corrected chi connectivity index (χ2v) is 10.7. The lowest BCUT2D eigenvalue weighted by Crippen LogP contribution is -2.38. The molecule has 1 aliphatic heterocycles. The first-order valence-corrected chi connectivity index (χ1v) is 13.7. The molecule has 3 aromatic carbocycles. The fraction of sp³-hybridized carbons (Fsp3) is 0.138. The molecule has 1 aromatic heterocycles. The van der Waals surface area contributed by atoms with Gasteiger partial charge in [0.2, 0.25) is 0 Å². The van der Waals surface area contributed by atoms with Crippen LogP contribution in [0.2, 0.25) is 15.1 Å². The van der Waals surface area contributed by atoms with E-state index in [-0.39, 0.29) is 38.8 Å². The van der Waals surface area contributed by atoms with Crippen molar-refractivity contribution in [2.75, 3.05) is 16.9 Å². The number of ether oxygens (including phenoxy) is 1. The summed E-state index contributed by atoms with van der Waals surface area (Å²) in [6.45, 7) is 3.67. The summed E-state index contributed by atoms with van der Waals surface area (Å²) in [5, 5.41) is 11.3. The van der Waals surface area contributed by atoms with Crippen molar-refractivity contribution in [2.24, 2.45) is 5.10 Å². The summed E-state index contributed by atoms with van der Waals surface area (Å²) in [5.41, 5.74) is 2.73. The molecule has 214 valence electrons. The Morgan fingerprint density at radius 2 is 1.76 bits per heavy atom. The van der Waals surface area contributed by atoms with Gasteiger partial charge in [0, 0.05) is 28.7 Å². The van der Waals surface area contributed by atoms with Gasteiger partial charge in [0.1, 0.15) is 11.4 Å². The number of nitrogens with one attached hydrogen (secondary N) is 2. The zero-order chi connectivity index (χ0) is 30.0. The Hall–Kier alpha value is -4.38. The number of nitrogens with zero attached hydrogens (tertiary/aromatic N) is 4. The minimum atomic E-state index is -1.05. The number of hydrogen-bond acceptors (Lipinski definition) is 6. The number of carbonyl (C=O) groups excluding carboxylic acids is 3. The summed E-state index contributed by atoms with van der Waals surface area (Å²) >= 11 is 18.7. The molecule has 3 amide bonds. The van der Waals surface area contributed by atoms with Gasteiger partial charge in [-0.05, 0) is 55.8 Å². The van der Waals surface area contributed by atoms with Crippen LogP contribution in [0.25, 0.3) is 0 Å². The minimum absolute atomic E-state index is 0.0152. The summed E-state index contributed by atoms with van der Waals surface area (Å²) in [4.78, 5) is 43.4. The highest BCUT2D eigenvalue weighted by Crippen LogP contribution is 2.39. The number of amides is 3. The summed E-state index contributed by atoms with van der Waals surface area (Å²) in [7, 11) is 0. The first-order chi connectivity index (χ1) is 20.1. The number of rotatable bonds is 7. The molecule has 2 heterocycles. The molecule has 2 N–H and O–H groups in total. The van der Waals surface area contributed by atoms with Crippen LogP contribution in [0.5, 0.6) is 5.75 Å². The molecule has 0 saturated heterocycles. The van der Waals surface area contributed by atoms with Crippen molar-refractivity contribution < 1.29 is 19.1 Å². The van der Waals surface area contributed by atoms with E-state index in [0.29, 0.717) is 11.4 Å². The van der Waals surface area contributed by atoms with E-state index in [1.54, 1.807) is 24.4 Å². The number of hydrogen-bond donors (Lipinski definition) is 2. The maximum absolute atomic E-state index is 13.5. The molecule has 0 spiro atoms. The largest absolute Gasteiger partial charge is 0.483 e. The summed E-state index contributed by atoms with van der Waals surface area (Å²) in [5.74, 6) is -0.866. The molecule has 0 radical (unpaired) electrons. The number of amidine groups is 1. The molecular formula is C29H23Cl3N6O4. The molecule has 1 atom stereocenters. The standard InChI is InChI=1S/C29H23Cl3N6O4/c1-16-6-7-23(17(2)10-16)42-14-24(39)34-20-5-3-4-18(11-20)28(40)35-27-26(37-9-8-33-15-37)29(41)38(36-27)25-21(31)12-19(30)13-22(25)32/h3-13,15,26H,14H2,1-2H3,(H,34,39)(H,35,36,40). The van der Waals surface area contributed by atoms with Crippen LogP contribution in [0.4, 0.5) is 11.4 Å². The number of aryl methyl sites for hydroxylation is 2. The Bertz CT molecular complexity index is 1700. The van der Waals surface area contributed by atoms with Gasteiger partial charge in [0.15, 0.2) is 18.5 Å². The third-order valence-corrected chi connectivity index (χ3v) is 7.06. The zero-order valence-corrected chi connectivity index (χ0v) is 24.5. The van der Waals surface area contributed by atoms with Crippen LogP contribution in [0.1, 0.15) is 27.5 Å². The van der Waals surface area contributed by atoms with Crippen LogP contribution in [-0.2, 0) is 9.59 Å².